The monoisotopic (exact) mass is 313 g/mol. The van der Waals surface area contributed by atoms with Gasteiger partial charge in [-0.05, 0) is 24.1 Å². The van der Waals surface area contributed by atoms with Crippen LogP contribution >= 0.6 is 0 Å². The van der Waals surface area contributed by atoms with Gasteiger partial charge in [-0.15, -0.1) is 0 Å². The summed E-state index contributed by atoms with van der Waals surface area (Å²) in [7, 11) is -3.99. The average molecular weight is 313 g/mol. The number of nitrogens with one attached hydrogen (secondary N) is 1. The molecule has 1 saturated heterocycles. The lowest BCUT2D eigenvalue weighted by atomic mass is 10.1. The van der Waals surface area contributed by atoms with Gasteiger partial charge in [0.2, 0.25) is 10.0 Å². The van der Waals surface area contributed by atoms with Crippen LogP contribution < -0.4 is 4.72 Å². The molecule has 7 nitrogen and oxygen atoms in total. The van der Waals surface area contributed by atoms with Crippen LogP contribution in [0.3, 0.4) is 0 Å². The van der Waals surface area contributed by atoms with E-state index in [1.54, 1.807) is 6.92 Å². The third-order valence-electron chi connectivity index (χ3n) is 3.22. The average Bonchev–Trinajstić information content (AvgIpc) is 2.82. The lowest BCUT2D eigenvalue weighted by molar-refractivity contribution is -0.139. The largest absolute Gasteiger partial charge is 0.478 e. The van der Waals surface area contributed by atoms with E-state index in [0.717, 1.165) is 6.07 Å². The van der Waals surface area contributed by atoms with Crippen molar-refractivity contribution in [2.45, 2.75) is 30.7 Å². The molecule has 1 aromatic rings. The Balaban J connectivity index is 2.40. The van der Waals surface area contributed by atoms with Crippen molar-refractivity contribution in [1.29, 1.82) is 0 Å². The molecule has 1 aromatic carbocycles. The van der Waals surface area contributed by atoms with Crippen molar-refractivity contribution in [3.8, 4) is 0 Å². The zero-order valence-corrected chi connectivity index (χ0v) is 12.1. The Kier molecular flexibility index (Phi) is 4.29. The molecule has 8 heteroatoms. The molecule has 1 aliphatic rings. The van der Waals surface area contributed by atoms with Crippen molar-refractivity contribution in [2.24, 2.45) is 0 Å². The molecule has 0 amide bonds. The molecule has 114 valence electrons. The molecule has 1 aliphatic heterocycles. The minimum atomic E-state index is -3.99. The summed E-state index contributed by atoms with van der Waals surface area (Å²) in [6, 6.07) is 2.99. The summed E-state index contributed by atoms with van der Waals surface area (Å²) in [4.78, 5) is 22.2. The molecule has 0 radical (unpaired) electrons. The molecule has 0 spiro atoms. The number of carbonyl (C=O) groups excluding carboxylic acids is 1. The predicted molar refractivity (Wildman–Crippen MR) is 72.5 cm³/mol. The van der Waals surface area contributed by atoms with E-state index in [0.29, 0.717) is 12.0 Å². The topological polar surface area (TPSA) is 110 Å². The van der Waals surface area contributed by atoms with Gasteiger partial charge in [0, 0.05) is 6.42 Å². The van der Waals surface area contributed by atoms with Crippen molar-refractivity contribution in [3.63, 3.8) is 0 Å². The highest BCUT2D eigenvalue weighted by Crippen LogP contribution is 2.20. The highest BCUT2D eigenvalue weighted by atomic mass is 32.2. The maximum absolute atomic E-state index is 12.4. The number of ether oxygens (including phenoxy) is 1. The van der Waals surface area contributed by atoms with Crippen molar-refractivity contribution in [1.82, 2.24) is 4.72 Å². The summed E-state index contributed by atoms with van der Waals surface area (Å²) >= 11 is 0. The number of aryl methyl sites for hydroxylation is 1. The number of cyclic esters (lactones) is 1. The standard InChI is InChI=1S/C13H15NO6S/c1-2-8-3-4-9(12(15)16)7-11(8)21(18,19)14-10-5-6-20-13(10)17/h3-4,7,10,14H,2,5-6H2,1H3,(H,15,16). The lowest BCUT2D eigenvalue weighted by Crippen LogP contribution is -2.38. The number of hydrogen-bond acceptors (Lipinski definition) is 5. The molecular weight excluding hydrogens is 298 g/mol. The van der Waals surface area contributed by atoms with Crippen LogP contribution in [0.2, 0.25) is 0 Å². The number of benzene rings is 1. The summed E-state index contributed by atoms with van der Waals surface area (Å²) < 4.78 is 31.7. The second-order valence-electron chi connectivity index (χ2n) is 4.61. The molecule has 2 N–H and O–H groups in total. The summed E-state index contributed by atoms with van der Waals surface area (Å²) in [5.41, 5.74) is 0.362. The normalized spacial score (nSPS) is 18.5. The van der Waals surface area contributed by atoms with Crippen LogP contribution in [0.25, 0.3) is 0 Å². The van der Waals surface area contributed by atoms with E-state index < -0.39 is 28.0 Å². The summed E-state index contributed by atoms with van der Waals surface area (Å²) in [5.74, 6) is -1.83. The molecule has 1 fully saturated rings. The van der Waals surface area contributed by atoms with Gasteiger partial charge in [-0.1, -0.05) is 13.0 Å². The van der Waals surface area contributed by atoms with Crippen molar-refractivity contribution < 1.29 is 27.9 Å². The Morgan fingerprint density at radius 3 is 2.71 bits per heavy atom. The smallest absolute Gasteiger partial charge is 0.335 e. The Morgan fingerprint density at radius 2 is 2.19 bits per heavy atom. The van der Waals surface area contributed by atoms with Crippen LogP contribution in [0.1, 0.15) is 29.3 Å². The Hall–Kier alpha value is -1.93. The SMILES string of the molecule is CCc1ccc(C(=O)O)cc1S(=O)(=O)NC1CCOC1=O. The zero-order valence-electron chi connectivity index (χ0n) is 11.3. The fourth-order valence-corrected chi connectivity index (χ4v) is 3.64. The minimum Gasteiger partial charge on any atom is -0.478 e. The van der Waals surface area contributed by atoms with Crippen LogP contribution in [-0.4, -0.2) is 38.1 Å². The molecular formula is C13H15NO6S. The quantitative estimate of drug-likeness (QED) is 0.768. The first-order chi connectivity index (χ1) is 9.85. The van der Waals surface area contributed by atoms with Crippen LogP contribution in [0, 0.1) is 0 Å². The third-order valence-corrected chi connectivity index (χ3v) is 4.77. The van der Waals surface area contributed by atoms with Crippen LogP contribution in [0.5, 0.6) is 0 Å². The van der Waals surface area contributed by atoms with Crippen LogP contribution in [0.15, 0.2) is 23.1 Å². The van der Waals surface area contributed by atoms with Gasteiger partial charge in [0.25, 0.3) is 0 Å². The van der Waals surface area contributed by atoms with Gasteiger partial charge < -0.3 is 9.84 Å². The first kappa shape index (κ1) is 15.5. The Bertz CT molecular complexity index is 682. The van der Waals surface area contributed by atoms with E-state index in [1.165, 1.54) is 12.1 Å². The Labute approximate surface area is 122 Å². The number of carboxylic acids is 1. The van der Waals surface area contributed by atoms with E-state index in [4.69, 9.17) is 9.84 Å². The van der Waals surface area contributed by atoms with Gasteiger partial charge in [0.15, 0.2) is 0 Å². The molecule has 1 atom stereocenters. The lowest BCUT2D eigenvalue weighted by Gasteiger charge is -2.13. The molecule has 0 aliphatic carbocycles. The van der Waals surface area contributed by atoms with Gasteiger partial charge in [0.05, 0.1) is 17.1 Å². The molecule has 21 heavy (non-hydrogen) atoms. The van der Waals surface area contributed by atoms with Crippen molar-refractivity contribution in [3.05, 3.63) is 29.3 Å². The fraction of sp³-hybridized carbons (Fsp3) is 0.385. The second kappa shape index (κ2) is 5.82. The van der Waals surface area contributed by atoms with E-state index in [-0.39, 0.29) is 23.5 Å². The maximum Gasteiger partial charge on any atom is 0.335 e. The molecule has 0 aromatic heterocycles. The summed E-state index contributed by atoms with van der Waals surface area (Å²) in [6.45, 7) is 1.93. The number of esters is 1. The van der Waals surface area contributed by atoms with E-state index >= 15 is 0 Å². The number of sulfonamides is 1. The third kappa shape index (κ3) is 3.22. The summed E-state index contributed by atoms with van der Waals surface area (Å²) in [5, 5.41) is 8.98. The fourth-order valence-electron chi connectivity index (χ4n) is 2.08. The molecule has 2 rings (SSSR count). The highest BCUT2D eigenvalue weighted by Gasteiger charge is 2.32. The van der Waals surface area contributed by atoms with Crippen LogP contribution in [0.4, 0.5) is 0 Å². The number of rotatable bonds is 5. The second-order valence-corrected chi connectivity index (χ2v) is 6.29. The van der Waals surface area contributed by atoms with E-state index in [1.807, 2.05) is 0 Å². The highest BCUT2D eigenvalue weighted by molar-refractivity contribution is 7.89. The van der Waals surface area contributed by atoms with Gasteiger partial charge in [-0.25, -0.2) is 13.2 Å². The zero-order chi connectivity index (χ0) is 15.6. The number of aromatic carboxylic acids is 1. The van der Waals surface area contributed by atoms with E-state index in [2.05, 4.69) is 4.72 Å². The van der Waals surface area contributed by atoms with Gasteiger partial charge in [-0.2, -0.15) is 4.72 Å². The van der Waals surface area contributed by atoms with Crippen molar-refractivity contribution in [2.75, 3.05) is 6.61 Å². The predicted octanol–water partition coefficient (Wildman–Crippen LogP) is 0.541. The Morgan fingerprint density at radius 1 is 1.48 bits per heavy atom. The van der Waals surface area contributed by atoms with Crippen molar-refractivity contribution >= 4 is 22.0 Å². The molecule has 0 bridgehead atoms. The summed E-state index contributed by atoms with van der Waals surface area (Å²) in [6.07, 6.45) is 0.684. The first-order valence-electron chi connectivity index (χ1n) is 6.40. The molecule has 1 heterocycles. The minimum absolute atomic E-state index is 0.121. The van der Waals surface area contributed by atoms with Gasteiger partial charge in [-0.3, -0.25) is 4.79 Å². The number of hydrogen-bond donors (Lipinski definition) is 2. The molecule has 1 unspecified atom stereocenters. The van der Waals surface area contributed by atoms with E-state index in [9.17, 15) is 18.0 Å². The maximum atomic E-state index is 12.4. The molecule has 0 saturated carbocycles. The van der Waals surface area contributed by atoms with Gasteiger partial charge in [0.1, 0.15) is 6.04 Å². The number of carboxylic acid groups (broad SMARTS) is 1. The number of carbonyl (C=O) groups is 2. The van der Waals surface area contributed by atoms with Gasteiger partial charge >= 0.3 is 11.9 Å². The van der Waals surface area contributed by atoms with Crippen LogP contribution in [-0.2, 0) is 26.0 Å². The first-order valence-corrected chi connectivity index (χ1v) is 7.88.